The molecule has 0 radical (unpaired) electrons. The van der Waals surface area contributed by atoms with Crippen molar-refractivity contribution < 1.29 is 19.7 Å². The molecule has 1 aliphatic rings. The Hall–Kier alpha value is -2.07. The van der Waals surface area contributed by atoms with Crippen molar-refractivity contribution in [3.8, 4) is 0 Å². The molecule has 1 aliphatic heterocycles. The van der Waals surface area contributed by atoms with Crippen molar-refractivity contribution in [1.82, 2.24) is 15.5 Å². The Morgan fingerprint density at radius 1 is 1.36 bits per heavy atom. The van der Waals surface area contributed by atoms with Gasteiger partial charge in [-0.1, -0.05) is 41.2 Å². The summed E-state index contributed by atoms with van der Waals surface area (Å²) in [5, 5.41) is 33.1. The van der Waals surface area contributed by atoms with Crippen LogP contribution in [0.4, 0.5) is 9.93 Å². The van der Waals surface area contributed by atoms with Gasteiger partial charge < -0.3 is 20.3 Å². The highest BCUT2D eigenvalue weighted by molar-refractivity contribution is 7.15. The number of carbonyl (C=O) groups is 1. The molecule has 1 aromatic heterocycles. The second-order valence-corrected chi connectivity index (χ2v) is 6.90. The fraction of sp³-hybridized carbons (Fsp3) is 0.438. The van der Waals surface area contributed by atoms with Crippen LogP contribution in [0.1, 0.15) is 28.7 Å². The van der Waals surface area contributed by atoms with E-state index in [1.165, 1.54) is 11.3 Å². The Morgan fingerprint density at radius 3 is 2.80 bits per heavy atom. The fourth-order valence-electron chi connectivity index (χ4n) is 2.50. The molecule has 3 rings (SSSR count). The highest BCUT2D eigenvalue weighted by atomic mass is 32.1. The number of nitrogens with zero attached hydrogens (tertiary/aromatic N) is 2. The summed E-state index contributed by atoms with van der Waals surface area (Å²) >= 11 is 1.18. The maximum atomic E-state index is 11.9. The number of carbonyl (C=O) groups excluding carboxylic acids is 1. The molecule has 2 amide bonds. The molecule has 0 unspecified atom stereocenters. The van der Waals surface area contributed by atoms with E-state index in [1.807, 2.05) is 31.2 Å². The molecular weight excluding hydrogens is 344 g/mol. The van der Waals surface area contributed by atoms with Crippen molar-refractivity contribution in [2.75, 3.05) is 11.9 Å². The molecule has 2 aromatic rings. The van der Waals surface area contributed by atoms with Gasteiger partial charge >= 0.3 is 6.03 Å². The third-order valence-electron chi connectivity index (χ3n) is 3.91. The van der Waals surface area contributed by atoms with Gasteiger partial charge in [-0.2, -0.15) is 0 Å². The standard InChI is InChI=1S/C16H20N4O4S/c1-9-2-4-10(5-3-9)7-17-15(23)18-16-20-19-14(25-16)12-6-11(22)13(8-21)24-12/h2-5,11-13,21-22H,6-8H2,1H3,(H2,17,18,20,23)/t11-,12-,13+/m0/s1. The van der Waals surface area contributed by atoms with Gasteiger partial charge in [-0.25, -0.2) is 4.79 Å². The minimum atomic E-state index is -0.729. The maximum Gasteiger partial charge on any atom is 0.321 e. The van der Waals surface area contributed by atoms with Gasteiger partial charge in [0.2, 0.25) is 5.13 Å². The molecule has 25 heavy (non-hydrogen) atoms. The van der Waals surface area contributed by atoms with Gasteiger partial charge in [0.25, 0.3) is 0 Å². The smallest absolute Gasteiger partial charge is 0.321 e. The van der Waals surface area contributed by atoms with Crippen LogP contribution >= 0.6 is 11.3 Å². The lowest BCUT2D eigenvalue weighted by Gasteiger charge is -2.09. The van der Waals surface area contributed by atoms with E-state index in [1.54, 1.807) is 0 Å². The number of amides is 2. The minimum Gasteiger partial charge on any atom is -0.394 e. The number of aliphatic hydroxyl groups is 2. The number of urea groups is 1. The number of aromatic nitrogens is 2. The SMILES string of the molecule is Cc1ccc(CNC(=O)Nc2nnc([C@@H]3C[C@H](O)[C@@H](CO)O3)s2)cc1. The maximum absolute atomic E-state index is 11.9. The number of anilines is 1. The largest absolute Gasteiger partial charge is 0.394 e. The summed E-state index contributed by atoms with van der Waals surface area (Å²) in [6.07, 6.45) is -1.41. The van der Waals surface area contributed by atoms with E-state index in [9.17, 15) is 9.90 Å². The van der Waals surface area contributed by atoms with Gasteiger partial charge in [0.1, 0.15) is 17.2 Å². The Balaban J connectivity index is 1.51. The zero-order chi connectivity index (χ0) is 17.8. The molecule has 1 saturated heterocycles. The number of aliphatic hydroxyl groups excluding tert-OH is 2. The predicted molar refractivity (Wildman–Crippen MR) is 92.3 cm³/mol. The van der Waals surface area contributed by atoms with E-state index in [2.05, 4.69) is 20.8 Å². The van der Waals surface area contributed by atoms with E-state index in [0.29, 0.717) is 23.1 Å². The first kappa shape index (κ1) is 17.7. The van der Waals surface area contributed by atoms with Crippen LogP contribution in [0, 0.1) is 6.92 Å². The van der Waals surface area contributed by atoms with E-state index >= 15 is 0 Å². The first-order valence-electron chi connectivity index (χ1n) is 7.93. The molecule has 0 bridgehead atoms. The van der Waals surface area contributed by atoms with Gasteiger partial charge in [-0.15, -0.1) is 10.2 Å². The van der Waals surface area contributed by atoms with E-state index in [4.69, 9.17) is 9.84 Å². The topological polar surface area (TPSA) is 117 Å². The second-order valence-electron chi connectivity index (χ2n) is 5.89. The highest BCUT2D eigenvalue weighted by Crippen LogP contribution is 2.35. The summed E-state index contributed by atoms with van der Waals surface area (Å²) in [5.74, 6) is 0. The lowest BCUT2D eigenvalue weighted by Crippen LogP contribution is -2.28. The van der Waals surface area contributed by atoms with Crippen molar-refractivity contribution in [1.29, 1.82) is 0 Å². The van der Waals surface area contributed by atoms with Gasteiger partial charge in [-0.05, 0) is 12.5 Å². The third-order valence-corrected chi connectivity index (χ3v) is 4.84. The summed E-state index contributed by atoms with van der Waals surface area (Å²) in [5.41, 5.74) is 2.17. The van der Waals surface area contributed by atoms with E-state index < -0.39 is 18.3 Å². The van der Waals surface area contributed by atoms with E-state index in [0.717, 1.165) is 11.1 Å². The first-order chi connectivity index (χ1) is 12.0. The van der Waals surface area contributed by atoms with Crippen molar-refractivity contribution in [2.24, 2.45) is 0 Å². The van der Waals surface area contributed by atoms with Crippen LogP contribution in [0.3, 0.4) is 0 Å². The first-order valence-corrected chi connectivity index (χ1v) is 8.75. The molecule has 8 nitrogen and oxygen atoms in total. The molecule has 9 heteroatoms. The quantitative estimate of drug-likeness (QED) is 0.636. The number of hydrogen-bond acceptors (Lipinski definition) is 7. The second kappa shape index (κ2) is 7.87. The van der Waals surface area contributed by atoms with Crippen molar-refractivity contribution in [3.63, 3.8) is 0 Å². The average Bonchev–Trinajstić information content (AvgIpc) is 3.20. The van der Waals surface area contributed by atoms with Gasteiger partial charge in [0.05, 0.1) is 12.7 Å². The van der Waals surface area contributed by atoms with Crippen LogP contribution in [0.15, 0.2) is 24.3 Å². The predicted octanol–water partition coefficient (Wildman–Crippen LogP) is 1.35. The Kier molecular flexibility index (Phi) is 5.59. The zero-order valence-electron chi connectivity index (χ0n) is 13.7. The summed E-state index contributed by atoms with van der Waals surface area (Å²) in [6.45, 7) is 2.17. The van der Waals surface area contributed by atoms with Gasteiger partial charge in [-0.3, -0.25) is 5.32 Å². The van der Waals surface area contributed by atoms with Crippen LogP contribution in [-0.2, 0) is 11.3 Å². The summed E-state index contributed by atoms with van der Waals surface area (Å²) in [4.78, 5) is 11.9. The van der Waals surface area contributed by atoms with Crippen LogP contribution in [0.25, 0.3) is 0 Å². The molecule has 2 heterocycles. The summed E-state index contributed by atoms with van der Waals surface area (Å²) < 4.78 is 5.52. The van der Waals surface area contributed by atoms with Gasteiger partial charge in [0.15, 0.2) is 0 Å². The van der Waals surface area contributed by atoms with Crippen molar-refractivity contribution in [3.05, 3.63) is 40.4 Å². The Bertz CT molecular complexity index is 721. The van der Waals surface area contributed by atoms with Crippen LogP contribution in [0.5, 0.6) is 0 Å². The minimum absolute atomic E-state index is 0.247. The Morgan fingerprint density at radius 2 is 2.12 bits per heavy atom. The number of benzene rings is 1. The average molecular weight is 364 g/mol. The molecule has 3 atom stereocenters. The van der Waals surface area contributed by atoms with Crippen LogP contribution in [-0.4, -0.2) is 45.3 Å². The zero-order valence-corrected chi connectivity index (χ0v) is 14.5. The summed E-state index contributed by atoms with van der Waals surface area (Å²) in [6, 6.07) is 7.52. The summed E-state index contributed by atoms with van der Waals surface area (Å²) in [7, 11) is 0. The third kappa shape index (κ3) is 4.51. The van der Waals surface area contributed by atoms with Gasteiger partial charge in [0, 0.05) is 13.0 Å². The van der Waals surface area contributed by atoms with Crippen LogP contribution < -0.4 is 10.6 Å². The number of aryl methyl sites for hydroxylation is 1. The van der Waals surface area contributed by atoms with E-state index in [-0.39, 0.29) is 12.6 Å². The normalized spacial score (nSPS) is 22.8. The molecule has 134 valence electrons. The molecular formula is C16H20N4O4S. The highest BCUT2D eigenvalue weighted by Gasteiger charge is 2.36. The lowest BCUT2D eigenvalue weighted by molar-refractivity contribution is -0.0227. The number of nitrogens with one attached hydrogen (secondary N) is 2. The fourth-order valence-corrected chi connectivity index (χ4v) is 3.29. The lowest BCUT2D eigenvalue weighted by atomic mass is 10.1. The Labute approximate surface area is 148 Å². The number of ether oxygens (including phenoxy) is 1. The molecule has 1 fully saturated rings. The monoisotopic (exact) mass is 364 g/mol. The number of hydrogen-bond donors (Lipinski definition) is 4. The molecule has 0 spiro atoms. The van der Waals surface area contributed by atoms with Crippen LogP contribution in [0.2, 0.25) is 0 Å². The van der Waals surface area contributed by atoms with Crippen molar-refractivity contribution in [2.45, 2.75) is 38.2 Å². The number of rotatable bonds is 5. The molecule has 0 saturated carbocycles. The van der Waals surface area contributed by atoms with Crippen molar-refractivity contribution >= 4 is 22.5 Å². The molecule has 1 aromatic carbocycles. The molecule has 0 aliphatic carbocycles. The molecule has 4 N–H and O–H groups in total.